The van der Waals surface area contributed by atoms with Crippen LogP contribution < -0.4 is 10.6 Å². The predicted octanol–water partition coefficient (Wildman–Crippen LogP) is 5.50. The molecule has 34 heavy (non-hydrogen) atoms. The highest BCUT2D eigenvalue weighted by atomic mass is 16.3. The van der Waals surface area contributed by atoms with Crippen molar-refractivity contribution in [3.05, 3.63) is 28.8 Å². The fourth-order valence-electron chi connectivity index (χ4n) is 8.98. The quantitative estimate of drug-likeness (QED) is 0.399. The van der Waals surface area contributed by atoms with Crippen molar-refractivity contribution in [2.75, 3.05) is 13.1 Å². The van der Waals surface area contributed by atoms with E-state index in [0.717, 1.165) is 36.9 Å². The van der Waals surface area contributed by atoms with Gasteiger partial charge in [0.15, 0.2) is 0 Å². The van der Waals surface area contributed by atoms with Crippen LogP contribution in [0.2, 0.25) is 0 Å². The lowest BCUT2D eigenvalue weighted by atomic mass is 9.43. The molecule has 5 fully saturated rings. The van der Waals surface area contributed by atoms with E-state index in [1.807, 2.05) is 6.92 Å². The van der Waals surface area contributed by atoms with E-state index in [4.69, 9.17) is 0 Å². The number of phenols is 1. The highest BCUT2D eigenvalue weighted by Gasteiger charge is 2.63. The maximum absolute atomic E-state index is 11.3. The number of nitrogens with one attached hydrogen (secondary N) is 2. The highest BCUT2D eigenvalue weighted by molar-refractivity contribution is 5.47. The van der Waals surface area contributed by atoms with Crippen LogP contribution in [0.4, 0.5) is 0 Å². The van der Waals surface area contributed by atoms with Gasteiger partial charge in [0.1, 0.15) is 5.75 Å². The number of hydrogen-bond donors (Lipinski definition) is 4. The number of hydrogen-bond acceptors (Lipinski definition) is 4. The van der Waals surface area contributed by atoms with Gasteiger partial charge in [-0.15, -0.1) is 0 Å². The standard InChI is InChI=1S/C30H48N2O2/c1-18-12-19(26(33)22(13-18)23-14-20-8-9-29(23,6)28(20,4)5)17-31-10-11-32-25-16-21-15-24(27(21,2)3)30(25,7)34/h12-13,20-21,23-25,31-34H,8-11,14-17H2,1-7H3/t20-,21+,23-,24+,25+,29+,30+/m0/s1. The van der Waals surface area contributed by atoms with E-state index in [-0.39, 0.29) is 16.9 Å². The second-order valence-corrected chi connectivity index (χ2v) is 14.0. The first kappa shape index (κ1) is 24.6. The largest absolute Gasteiger partial charge is 0.507 e. The fraction of sp³-hybridized carbons (Fsp3) is 0.800. The van der Waals surface area contributed by atoms with E-state index in [2.05, 4.69) is 64.3 Å². The van der Waals surface area contributed by atoms with Gasteiger partial charge < -0.3 is 20.8 Å². The Morgan fingerprint density at radius 3 is 2.29 bits per heavy atom. The van der Waals surface area contributed by atoms with E-state index in [9.17, 15) is 10.2 Å². The second-order valence-electron chi connectivity index (χ2n) is 14.0. The van der Waals surface area contributed by atoms with Crippen molar-refractivity contribution in [1.82, 2.24) is 10.6 Å². The molecule has 0 aliphatic heterocycles. The first-order valence-corrected chi connectivity index (χ1v) is 13.8. The van der Waals surface area contributed by atoms with Crippen LogP contribution >= 0.6 is 0 Å². The Morgan fingerprint density at radius 1 is 0.971 bits per heavy atom. The third-order valence-corrected chi connectivity index (χ3v) is 11.9. The average molecular weight is 469 g/mol. The maximum atomic E-state index is 11.3. The zero-order valence-corrected chi connectivity index (χ0v) is 22.6. The van der Waals surface area contributed by atoms with Gasteiger partial charge in [0.05, 0.1) is 5.60 Å². The van der Waals surface area contributed by atoms with Gasteiger partial charge in [-0.05, 0) is 91.4 Å². The molecule has 190 valence electrons. The zero-order valence-electron chi connectivity index (χ0n) is 22.6. The number of aliphatic hydroxyl groups is 1. The molecule has 1 aromatic rings. The van der Waals surface area contributed by atoms with Gasteiger partial charge in [0.2, 0.25) is 0 Å². The molecule has 4 N–H and O–H groups in total. The number of aromatic hydroxyl groups is 1. The first-order chi connectivity index (χ1) is 15.8. The molecular weight excluding hydrogens is 420 g/mol. The van der Waals surface area contributed by atoms with Gasteiger partial charge in [0, 0.05) is 31.2 Å². The van der Waals surface area contributed by atoms with Crippen LogP contribution in [0.25, 0.3) is 0 Å². The van der Waals surface area contributed by atoms with E-state index >= 15 is 0 Å². The SMILES string of the molecule is Cc1cc(CNCCN[C@@H]2C[C@H]3C[C@H](C3(C)C)[C@@]2(C)O)c(O)c([C@@H]2C[C@@H]3CC[C@@]2(C)C3(C)C)c1. The predicted molar refractivity (Wildman–Crippen MR) is 139 cm³/mol. The Labute approximate surface area is 207 Å². The second kappa shape index (κ2) is 7.95. The molecule has 0 saturated heterocycles. The number of benzene rings is 1. The molecule has 1 aromatic carbocycles. The van der Waals surface area contributed by atoms with E-state index < -0.39 is 5.60 Å². The molecule has 0 amide bonds. The Hall–Kier alpha value is -1.10. The van der Waals surface area contributed by atoms with Crippen molar-refractivity contribution >= 4 is 0 Å². The smallest absolute Gasteiger partial charge is 0.123 e. The van der Waals surface area contributed by atoms with Crippen LogP contribution in [0.1, 0.15) is 96.3 Å². The van der Waals surface area contributed by atoms with Crippen molar-refractivity contribution in [1.29, 1.82) is 0 Å². The van der Waals surface area contributed by atoms with E-state index in [0.29, 0.717) is 29.5 Å². The van der Waals surface area contributed by atoms with Crippen molar-refractivity contribution in [3.8, 4) is 5.75 Å². The lowest BCUT2D eigenvalue weighted by molar-refractivity contribution is -0.209. The molecule has 5 aliphatic rings. The minimum Gasteiger partial charge on any atom is -0.507 e. The van der Waals surface area contributed by atoms with Crippen molar-refractivity contribution < 1.29 is 10.2 Å². The summed E-state index contributed by atoms with van der Waals surface area (Å²) in [6.45, 7) is 18.5. The third kappa shape index (κ3) is 3.42. The minimum absolute atomic E-state index is 0.173. The Kier molecular flexibility index (Phi) is 5.75. The number of phenolic OH excluding ortho intramolecular Hbond substituents is 1. The summed E-state index contributed by atoms with van der Waals surface area (Å²) in [6.07, 6.45) is 6.05. The summed E-state index contributed by atoms with van der Waals surface area (Å²) >= 11 is 0. The molecule has 4 bridgehead atoms. The Balaban J connectivity index is 1.19. The van der Waals surface area contributed by atoms with Gasteiger partial charge in [-0.3, -0.25) is 0 Å². The summed E-state index contributed by atoms with van der Waals surface area (Å²) in [5.41, 5.74) is 3.68. The lowest BCUT2D eigenvalue weighted by Crippen LogP contribution is -2.69. The molecule has 7 atom stereocenters. The summed E-state index contributed by atoms with van der Waals surface area (Å²) in [5, 5.41) is 29.7. The molecule has 5 saturated carbocycles. The minimum atomic E-state index is -0.632. The molecule has 0 aromatic heterocycles. The topological polar surface area (TPSA) is 64.5 Å². The molecular formula is C30H48N2O2. The summed E-state index contributed by atoms with van der Waals surface area (Å²) < 4.78 is 0. The summed E-state index contributed by atoms with van der Waals surface area (Å²) in [6, 6.07) is 4.55. The van der Waals surface area contributed by atoms with Crippen LogP contribution in [0, 0.1) is 40.9 Å². The number of rotatable bonds is 7. The molecule has 4 nitrogen and oxygen atoms in total. The van der Waals surface area contributed by atoms with Crippen LogP contribution in [0.15, 0.2) is 12.1 Å². The van der Waals surface area contributed by atoms with Crippen LogP contribution in [-0.2, 0) is 6.54 Å². The van der Waals surface area contributed by atoms with Crippen LogP contribution in [0.5, 0.6) is 5.75 Å². The van der Waals surface area contributed by atoms with Gasteiger partial charge in [-0.2, -0.15) is 0 Å². The molecule has 0 unspecified atom stereocenters. The van der Waals surface area contributed by atoms with Gasteiger partial charge in [-0.1, -0.05) is 52.3 Å². The van der Waals surface area contributed by atoms with Crippen LogP contribution in [-0.4, -0.2) is 34.9 Å². The lowest BCUT2D eigenvalue weighted by Gasteiger charge is -2.65. The van der Waals surface area contributed by atoms with E-state index in [1.165, 1.54) is 36.8 Å². The Bertz CT molecular complexity index is 951. The van der Waals surface area contributed by atoms with Crippen molar-refractivity contribution in [3.63, 3.8) is 0 Å². The highest BCUT2D eigenvalue weighted by Crippen LogP contribution is 2.71. The molecule has 5 aliphatic carbocycles. The first-order valence-electron chi connectivity index (χ1n) is 13.8. The van der Waals surface area contributed by atoms with Gasteiger partial charge in [0.25, 0.3) is 0 Å². The molecule has 0 radical (unpaired) electrons. The Morgan fingerprint density at radius 2 is 1.71 bits per heavy atom. The maximum Gasteiger partial charge on any atom is 0.123 e. The normalized spacial score (nSPS) is 41.5. The number of aryl methyl sites for hydroxylation is 1. The molecule has 4 heteroatoms. The monoisotopic (exact) mass is 468 g/mol. The van der Waals surface area contributed by atoms with Gasteiger partial charge in [-0.25, -0.2) is 0 Å². The summed E-state index contributed by atoms with van der Waals surface area (Å²) in [5.74, 6) is 2.85. The average Bonchev–Trinajstić information content (AvgIpc) is 3.09. The van der Waals surface area contributed by atoms with Crippen LogP contribution in [0.3, 0.4) is 0 Å². The summed E-state index contributed by atoms with van der Waals surface area (Å²) in [7, 11) is 0. The molecule has 0 heterocycles. The van der Waals surface area contributed by atoms with Crippen molar-refractivity contribution in [2.24, 2.45) is 34.0 Å². The zero-order chi connectivity index (χ0) is 24.7. The molecule has 0 spiro atoms. The third-order valence-electron chi connectivity index (χ3n) is 11.9. The number of fused-ring (bicyclic) bond motifs is 4. The summed E-state index contributed by atoms with van der Waals surface area (Å²) in [4.78, 5) is 0. The van der Waals surface area contributed by atoms with E-state index in [1.54, 1.807) is 0 Å². The van der Waals surface area contributed by atoms with Crippen molar-refractivity contribution in [2.45, 2.75) is 105 Å². The fourth-order valence-corrected chi connectivity index (χ4v) is 8.98. The molecule has 6 rings (SSSR count). The van der Waals surface area contributed by atoms with Gasteiger partial charge >= 0.3 is 0 Å².